The molecular formula is C14H22N6. The lowest BCUT2D eigenvalue weighted by Gasteiger charge is -2.28. The summed E-state index contributed by atoms with van der Waals surface area (Å²) in [5, 5.41) is 3.53. The number of hydrazine groups is 1. The summed E-state index contributed by atoms with van der Waals surface area (Å²) in [7, 11) is 0. The molecule has 2 aromatic rings. The highest BCUT2D eigenvalue weighted by atomic mass is 15.3. The summed E-state index contributed by atoms with van der Waals surface area (Å²) in [5.74, 6) is 7.62. The normalized spacial score (nSPS) is 18.1. The molecule has 6 nitrogen and oxygen atoms in total. The maximum Gasteiger partial charge on any atom is 0.180 e. The van der Waals surface area contributed by atoms with E-state index in [0.29, 0.717) is 11.9 Å². The number of nitrogens with one attached hydrogen (secondary N) is 2. The second kappa shape index (κ2) is 5.66. The molecule has 1 saturated carbocycles. The number of hydrogen-bond donors (Lipinski definition) is 3. The van der Waals surface area contributed by atoms with Gasteiger partial charge in [-0.05, 0) is 25.7 Å². The van der Waals surface area contributed by atoms with Crippen LogP contribution in [0.1, 0.15) is 39.0 Å². The largest absolute Gasteiger partial charge is 0.364 e. The Morgan fingerprint density at radius 2 is 2.15 bits per heavy atom. The number of imidazole rings is 1. The highest BCUT2D eigenvalue weighted by Gasteiger charge is 2.21. The standard InChI is InChI=1S/C14H22N6/c1-10(11-5-3-2-4-6-11)17-13-14-16-7-8-20(14)9-12(18-13)19-15/h7-11,19H,2-6,15H2,1H3,(H,17,18). The van der Waals surface area contributed by atoms with Crippen molar-refractivity contribution in [2.75, 3.05) is 10.7 Å². The van der Waals surface area contributed by atoms with E-state index in [1.807, 2.05) is 16.8 Å². The van der Waals surface area contributed by atoms with E-state index in [0.717, 1.165) is 17.4 Å². The van der Waals surface area contributed by atoms with Crippen molar-refractivity contribution >= 4 is 17.3 Å². The Bertz CT molecular complexity index is 572. The average Bonchev–Trinajstić information content (AvgIpc) is 2.96. The molecule has 0 spiro atoms. The minimum atomic E-state index is 0.399. The molecule has 0 aromatic carbocycles. The van der Waals surface area contributed by atoms with Crippen molar-refractivity contribution in [3.05, 3.63) is 18.6 Å². The molecule has 1 aliphatic carbocycles. The van der Waals surface area contributed by atoms with E-state index in [9.17, 15) is 0 Å². The van der Waals surface area contributed by atoms with Crippen LogP contribution in [0.25, 0.3) is 5.65 Å². The fourth-order valence-corrected chi connectivity index (χ4v) is 3.07. The Morgan fingerprint density at radius 1 is 1.35 bits per heavy atom. The van der Waals surface area contributed by atoms with Gasteiger partial charge in [-0.3, -0.25) is 0 Å². The van der Waals surface area contributed by atoms with Gasteiger partial charge in [0.1, 0.15) is 0 Å². The molecule has 1 atom stereocenters. The lowest BCUT2D eigenvalue weighted by molar-refractivity contribution is 0.328. The summed E-state index contributed by atoms with van der Waals surface area (Å²) in [6.45, 7) is 2.24. The van der Waals surface area contributed by atoms with E-state index in [1.54, 1.807) is 6.20 Å². The molecule has 1 fully saturated rings. The number of aromatic nitrogens is 3. The van der Waals surface area contributed by atoms with Gasteiger partial charge in [-0.2, -0.15) is 0 Å². The van der Waals surface area contributed by atoms with Crippen LogP contribution in [0.4, 0.5) is 11.6 Å². The lowest BCUT2D eigenvalue weighted by atomic mass is 9.84. The first kappa shape index (κ1) is 13.2. The fourth-order valence-electron chi connectivity index (χ4n) is 3.07. The van der Waals surface area contributed by atoms with Crippen molar-refractivity contribution in [3.63, 3.8) is 0 Å². The topological polar surface area (TPSA) is 80.3 Å². The molecule has 0 amide bonds. The Hall–Kier alpha value is -1.82. The van der Waals surface area contributed by atoms with Crippen LogP contribution in [-0.4, -0.2) is 20.4 Å². The van der Waals surface area contributed by atoms with Crippen molar-refractivity contribution in [2.45, 2.75) is 45.1 Å². The van der Waals surface area contributed by atoms with E-state index >= 15 is 0 Å². The average molecular weight is 274 g/mol. The summed E-state index contributed by atoms with van der Waals surface area (Å²) in [6, 6.07) is 0.399. The van der Waals surface area contributed by atoms with Crippen molar-refractivity contribution in [3.8, 4) is 0 Å². The molecule has 4 N–H and O–H groups in total. The molecule has 1 aliphatic rings. The second-order valence-electron chi connectivity index (χ2n) is 5.61. The van der Waals surface area contributed by atoms with E-state index in [-0.39, 0.29) is 0 Å². The Balaban J connectivity index is 1.83. The number of fused-ring (bicyclic) bond motifs is 1. The molecule has 0 bridgehead atoms. The van der Waals surface area contributed by atoms with Gasteiger partial charge < -0.3 is 15.1 Å². The lowest BCUT2D eigenvalue weighted by Crippen LogP contribution is -2.28. The molecule has 0 saturated heterocycles. The Kier molecular flexibility index (Phi) is 3.73. The third kappa shape index (κ3) is 2.56. The summed E-state index contributed by atoms with van der Waals surface area (Å²) >= 11 is 0. The smallest absolute Gasteiger partial charge is 0.180 e. The van der Waals surface area contributed by atoms with E-state index < -0.39 is 0 Å². The molecule has 2 aromatic heterocycles. The van der Waals surface area contributed by atoms with Crippen LogP contribution in [0.5, 0.6) is 0 Å². The fraction of sp³-hybridized carbons (Fsp3) is 0.571. The van der Waals surface area contributed by atoms with Gasteiger partial charge in [0.2, 0.25) is 0 Å². The molecule has 0 radical (unpaired) electrons. The zero-order valence-corrected chi connectivity index (χ0v) is 11.8. The number of rotatable bonds is 4. The van der Waals surface area contributed by atoms with Gasteiger partial charge >= 0.3 is 0 Å². The molecule has 2 heterocycles. The predicted octanol–water partition coefficient (Wildman–Crippen LogP) is 2.40. The first-order chi connectivity index (χ1) is 9.78. The highest BCUT2D eigenvalue weighted by molar-refractivity contribution is 5.65. The summed E-state index contributed by atoms with van der Waals surface area (Å²) in [6.07, 6.45) is 12.2. The van der Waals surface area contributed by atoms with Gasteiger partial charge in [-0.15, -0.1) is 0 Å². The zero-order valence-electron chi connectivity index (χ0n) is 11.8. The number of nitrogens with zero attached hydrogens (tertiary/aromatic N) is 3. The Labute approximate surface area is 118 Å². The molecule has 20 heavy (non-hydrogen) atoms. The minimum Gasteiger partial charge on any atom is -0.364 e. The van der Waals surface area contributed by atoms with Gasteiger partial charge in [0, 0.05) is 18.4 Å². The number of anilines is 2. The van der Waals surface area contributed by atoms with E-state index in [2.05, 4.69) is 27.6 Å². The van der Waals surface area contributed by atoms with E-state index in [1.165, 1.54) is 32.1 Å². The van der Waals surface area contributed by atoms with E-state index in [4.69, 9.17) is 5.84 Å². The van der Waals surface area contributed by atoms with Gasteiger partial charge in [0.05, 0.1) is 6.20 Å². The van der Waals surface area contributed by atoms with Crippen LogP contribution in [0.2, 0.25) is 0 Å². The van der Waals surface area contributed by atoms with Crippen molar-refractivity contribution in [2.24, 2.45) is 11.8 Å². The van der Waals surface area contributed by atoms with Gasteiger partial charge in [0.15, 0.2) is 17.3 Å². The molecule has 0 aliphatic heterocycles. The number of hydrogen-bond acceptors (Lipinski definition) is 5. The maximum atomic E-state index is 5.48. The van der Waals surface area contributed by atoms with Crippen LogP contribution in [0, 0.1) is 5.92 Å². The summed E-state index contributed by atoms with van der Waals surface area (Å²) in [5.41, 5.74) is 3.44. The first-order valence-corrected chi connectivity index (χ1v) is 7.35. The molecule has 3 rings (SSSR count). The first-order valence-electron chi connectivity index (χ1n) is 7.35. The van der Waals surface area contributed by atoms with Crippen LogP contribution < -0.4 is 16.6 Å². The zero-order chi connectivity index (χ0) is 13.9. The maximum absolute atomic E-state index is 5.48. The quantitative estimate of drug-likeness (QED) is 0.589. The second-order valence-corrected chi connectivity index (χ2v) is 5.61. The third-order valence-electron chi connectivity index (χ3n) is 4.24. The molecular weight excluding hydrogens is 252 g/mol. The molecule has 6 heteroatoms. The van der Waals surface area contributed by atoms with Crippen molar-refractivity contribution in [1.29, 1.82) is 0 Å². The van der Waals surface area contributed by atoms with Gasteiger partial charge in [-0.25, -0.2) is 15.8 Å². The predicted molar refractivity (Wildman–Crippen MR) is 80.5 cm³/mol. The van der Waals surface area contributed by atoms with Crippen molar-refractivity contribution < 1.29 is 0 Å². The van der Waals surface area contributed by atoms with Crippen molar-refractivity contribution in [1.82, 2.24) is 14.4 Å². The highest BCUT2D eigenvalue weighted by Crippen LogP contribution is 2.28. The SMILES string of the molecule is CC(Nc1nc(NN)cn2ccnc12)C1CCCCC1. The van der Waals surface area contributed by atoms with Gasteiger partial charge in [-0.1, -0.05) is 19.3 Å². The third-order valence-corrected chi connectivity index (χ3v) is 4.24. The van der Waals surface area contributed by atoms with Crippen LogP contribution in [0.3, 0.4) is 0 Å². The number of nitrogen functional groups attached to an aromatic ring is 1. The monoisotopic (exact) mass is 274 g/mol. The summed E-state index contributed by atoms with van der Waals surface area (Å²) in [4.78, 5) is 8.86. The number of nitrogens with two attached hydrogens (primary N) is 1. The van der Waals surface area contributed by atoms with Crippen LogP contribution in [-0.2, 0) is 0 Å². The Morgan fingerprint density at radius 3 is 2.90 bits per heavy atom. The van der Waals surface area contributed by atoms with Crippen LogP contribution >= 0.6 is 0 Å². The van der Waals surface area contributed by atoms with Gasteiger partial charge in [0.25, 0.3) is 0 Å². The molecule has 108 valence electrons. The molecule has 1 unspecified atom stereocenters. The van der Waals surface area contributed by atoms with Crippen LogP contribution in [0.15, 0.2) is 18.6 Å². The summed E-state index contributed by atoms with van der Waals surface area (Å²) < 4.78 is 1.93. The minimum absolute atomic E-state index is 0.399.